The van der Waals surface area contributed by atoms with Gasteiger partial charge in [-0.15, -0.1) is 0 Å². The lowest BCUT2D eigenvalue weighted by molar-refractivity contribution is 0.587. The molecule has 0 bridgehead atoms. The normalized spacial score (nSPS) is 11.1. The smallest absolute Gasteiger partial charge is 0.0428 e. The van der Waals surface area contributed by atoms with Crippen molar-refractivity contribution in [1.29, 1.82) is 0 Å². The van der Waals surface area contributed by atoms with E-state index in [2.05, 4.69) is 88.5 Å². The molecule has 3 aromatic rings. The summed E-state index contributed by atoms with van der Waals surface area (Å²) in [7, 11) is 0. The van der Waals surface area contributed by atoms with Gasteiger partial charge in [0.25, 0.3) is 0 Å². The van der Waals surface area contributed by atoms with E-state index < -0.39 is 0 Å². The van der Waals surface area contributed by atoms with Crippen LogP contribution in [0.2, 0.25) is 0 Å². The van der Waals surface area contributed by atoms with Crippen LogP contribution in [0.25, 0.3) is 0 Å². The van der Waals surface area contributed by atoms with Crippen LogP contribution in [0.1, 0.15) is 78.1 Å². The van der Waals surface area contributed by atoms with Gasteiger partial charge < -0.3 is 0 Å². The first-order chi connectivity index (χ1) is 13.5. The average Bonchev–Trinajstić information content (AvgIpc) is 2.70. The van der Waals surface area contributed by atoms with E-state index in [1.165, 1.54) is 11.1 Å². The Bertz CT molecular complexity index is 735. The van der Waals surface area contributed by atoms with Crippen LogP contribution in [0.3, 0.4) is 0 Å². The lowest BCUT2D eigenvalue weighted by Crippen LogP contribution is -2.10. The summed E-state index contributed by atoms with van der Waals surface area (Å²) >= 11 is 0. The summed E-state index contributed by atoms with van der Waals surface area (Å²) in [5, 5.41) is 0. The number of nitrogens with zero attached hydrogens (tertiary/aromatic N) is 3. The molecular formula is C26H37N3. The highest BCUT2D eigenvalue weighted by Gasteiger charge is 2.12. The van der Waals surface area contributed by atoms with Crippen molar-refractivity contribution in [2.24, 2.45) is 0 Å². The minimum absolute atomic E-state index is 0.230. The Morgan fingerprint density at radius 1 is 0.621 bits per heavy atom. The molecule has 0 unspecified atom stereocenters. The van der Waals surface area contributed by atoms with Crippen LogP contribution in [-0.2, 0) is 10.8 Å². The fraction of sp³-hybridized carbons (Fsp3) is 0.423. The molecule has 0 radical (unpaired) electrons. The van der Waals surface area contributed by atoms with E-state index in [1.807, 2.05) is 49.1 Å². The van der Waals surface area contributed by atoms with Gasteiger partial charge in [-0.3, -0.25) is 15.0 Å². The molecule has 3 heteroatoms. The summed E-state index contributed by atoms with van der Waals surface area (Å²) in [6, 6.07) is 14.2. The van der Waals surface area contributed by atoms with Crippen molar-refractivity contribution in [3.05, 3.63) is 90.3 Å². The van der Waals surface area contributed by atoms with Crippen molar-refractivity contribution in [2.45, 2.75) is 72.1 Å². The van der Waals surface area contributed by atoms with Crippen LogP contribution in [0.5, 0.6) is 0 Å². The minimum atomic E-state index is 0.230. The molecular weight excluding hydrogens is 354 g/mol. The van der Waals surface area contributed by atoms with Crippen LogP contribution in [0.4, 0.5) is 0 Å². The van der Waals surface area contributed by atoms with Crippen molar-refractivity contribution < 1.29 is 0 Å². The highest BCUT2D eigenvalue weighted by molar-refractivity contribution is 5.19. The number of aromatic nitrogens is 3. The van der Waals surface area contributed by atoms with E-state index in [0.717, 1.165) is 5.69 Å². The Morgan fingerprint density at radius 2 is 1.24 bits per heavy atom. The average molecular weight is 392 g/mol. The summed E-state index contributed by atoms with van der Waals surface area (Å²) in [5.74, 6) is 0.547. The molecule has 0 saturated heterocycles. The Labute approximate surface area is 177 Å². The summed E-state index contributed by atoms with van der Waals surface area (Å²) in [4.78, 5) is 12.2. The van der Waals surface area contributed by atoms with Crippen molar-refractivity contribution in [3.63, 3.8) is 0 Å². The monoisotopic (exact) mass is 391 g/mol. The van der Waals surface area contributed by atoms with E-state index in [4.69, 9.17) is 0 Å². The maximum Gasteiger partial charge on any atom is 0.0428 e. The van der Waals surface area contributed by atoms with Gasteiger partial charge in [0.15, 0.2) is 0 Å². The van der Waals surface area contributed by atoms with Crippen LogP contribution < -0.4 is 0 Å². The lowest BCUT2D eigenvalue weighted by atomic mass is 9.88. The van der Waals surface area contributed by atoms with E-state index in [0.29, 0.717) is 5.92 Å². The first-order valence-corrected chi connectivity index (χ1v) is 10.2. The van der Waals surface area contributed by atoms with Gasteiger partial charge in [0.1, 0.15) is 0 Å². The molecule has 0 aliphatic heterocycles. The molecule has 3 rings (SSSR count). The van der Waals surface area contributed by atoms with Gasteiger partial charge in [-0.1, -0.05) is 67.5 Å². The predicted octanol–water partition coefficient (Wildman–Crippen LogP) is 6.96. The second-order valence-corrected chi connectivity index (χ2v) is 9.39. The zero-order valence-corrected chi connectivity index (χ0v) is 19.3. The Morgan fingerprint density at radius 3 is 1.55 bits per heavy atom. The molecule has 0 spiro atoms. The van der Waals surface area contributed by atoms with Gasteiger partial charge in [0.05, 0.1) is 0 Å². The molecule has 3 nitrogen and oxygen atoms in total. The third kappa shape index (κ3) is 9.98. The second-order valence-electron chi connectivity index (χ2n) is 9.39. The highest BCUT2D eigenvalue weighted by atomic mass is 14.7. The fourth-order valence-corrected chi connectivity index (χ4v) is 2.38. The molecule has 0 amide bonds. The van der Waals surface area contributed by atoms with Gasteiger partial charge in [0.2, 0.25) is 0 Å². The maximum absolute atomic E-state index is 4.18. The summed E-state index contributed by atoms with van der Waals surface area (Å²) in [6.45, 7) is 17.4. The van der Waals surface area contributed by atoms with Crippen LogP contribution in [0.15, 0.2) is 73.4 Å². The van der Waals surface area contributed by atoms with Crippen LogP contribution in [0, 0.1) is 0 Å². The Balaban J connectivity index is 0.000000218. The molecule has 3 aromatic heterocycles. The van der Waals surface area contributed by atoms with Gasteiger partial charge in [-0.05, 0) is 58.2 Å². The first-order valence-electron chi connectivity index (χ1n) is 10.2. The van der Waals surface area contributed by atoms with Crippen LogP contribution >= 0.6 is 0 Å². The van der Waals surface area contributed by atoms with Gasteiger partial charge >= 0.3 is 0 Å². The van der Waals surface area contributed by atoms with Crippen molar-refractivity contribution in [3.8, 4) is 0 Å². The molecule has 0 N–H and O–H groups in total. The Kier molecular flexibility index (Phi) is 9.67. The molecule has 156 valence electrons. The van der Waals surface area contributed by atoms with E-state index in [1.54, 1.807) is 6.20 Å². The van der Waals surface area contributed by atoms with Crippen LogP contribution in [-0.4, -0.2) is 15.0 Å². The topological polar surface area (TPSA) is 38.7 Å². The largest absolute Gasteiger partial charge is 0.265 e. The standard InChI is InChI=1S/2C9H13N.C8H11N/c1-9(2,3)8-4-6-10-7-5-8;1-9(2,3)8-5-4-6-10-7-8;1-7(2)8-5-3-4-6-9-8/h2*4-7H,1-3H3;3-7H,1-2H3. The van der Waals surface area contributed by atoms with E-state index >= 15 is 0 Å². The molecule has 29 heavy (non-hydrogen) atoms. The third-order valence-corrected chi connectivity index (χ3v) is 4.35. The molecule has 0 atom stereocenters. The zero-order chi connectivity index (χ0) is 21.9. The molecule has 3 heterocycles. The summed E-state index contributed by atoms with van der Waals surface area (Å²) in [5.41, 5.74) is 4.27. The number of pyridine rings is 3. The first kappa shape index (κ1) is 24.5. The number of hydrogen-bond acceptors (Lipinski definition) is 3. The lowest BCUT2D eigenvalue weighted by Gasteiger charge is -2.17. The van der Waals surface area contributed by atoms with Crippen molar-refractivity contribution >= 4 is 0 Å². The van der Waals surface area contributed by atoms with Gasteiger partial charge in [-0.2, -0.15) is 0 Å². The molecule has 0 aliphatic carbocycles. The predicted molar refractivity (Wildman–Crippen MR) is 124 cm³/mol. The Hall–Kier alpha value is -2.55. The van der Waals surface area contributed by atoms with Crippen molar-refractivity contribution in [1.82, 2.24) is 15.0 Å². The number of rotatable bonds is 1. The van der Waals surface area contributed by atoms with Crippen molar-refractivity contribution in [2.75, 3.05) is 0 Å². The maximum atomic E-state index is 4.18. The highest BCUT2D eigenvalue weighted by Crippen LogP contribution is 2.20. The van der Waals surface area contributed by atoms with E-state index in [9.17, 15) is 0 Å². The molecule has 0 fully saturated rings. The zero-order valence-electron chi connectivity index (χ0n) is 19.3. The van der Waals surface area contributed by atoms with E-state index in [-0.39, 0.29) is 10.8 Å². The van der Waals surface area contributed by atoms with Gasteiger partial charge in [-0.25, -0.2) is 0 Å². The summed E-state index contributed by atoms with van der Waals surface area (Å²) in [6.07, 6.45) is 9.21. The molecule has 0 aromatic carbocycles. The fourth-order valence-electron chi connectivity index (χ4n) is 2.38. The minimum Gasteiger partial charge on any atom is -0.265 e. The second kappa shape index (κ2) is 11.5. The third-order valence-electron chi connectivity index (χ3n) is 4.35. The number of hydrogen-bond donors (Lipinski definition) is 0. The SMILES string of the molecule is CC(C)(C)c1cccnc1.CC(C)(C)c1ccncc1.CC(C)c1ccccn1. The molecule has 0 saturated carbocycles. The van der Waals surface area contributed by atoms with Gasteiger partial charge in [0, 0.05) is 36.7 Å². The quantitative estimate of drug-likeness (QED) is 0.450. The summed E-state index contributed by atoms with van der Waals surface area (Å²) < 4.78 is 0. The molecule has 0 aliphatic rings.